The molecule has 0 aromatic rings. The standard InChI is InChI=1S/2C24H46O2/c1-4-5-6-7-8-9-10-11-12-13-14-15-16-17-18-19-20-21-22-26-24(25)23(2)3;1-3-4-5-6-7-8-9-10-11-12-13-14-15-16-17-18-19-20-21-22-23(2)24(25)26/h2,4-22H2,1,3H3;22H,3-21H2,1-2H3,(H,25,26). The Morgan fingerprint density at radius 2 is 0.692 bits per heavy atom. The summed E-state index contributed by atoms with van der Waals surface area (Å²) in [5, 5.41) is 8.77. The average molecular weight is 733 g/mol. The molecule has 4 heteroatoms. The Morgan fingerprint density at radius 1 is 0.442 bits per heavy atom. The molecule has 1 N–H and O–H groups in total. The van der Waals surface area contributed by atoms with Crippen LogP contribution < -0.4 is 0 Å². The molecule has 0 heterocycles. The molecule has 4 nitrogen and oxygen atoms in total. The second kappa shape index (κ2) is 45.6. The Labute approximate surface area is 326 Å². The first kappa shape index (κ1) is 52.5. The van der Waals surface area contributed by atoms with Crippen molar-refractivity contribution in [1.82, 2.24) is 0 Å². The second-order valence-corrected chi connectivity index (χ2v) is 15.9. The predicted octanol–water partition coefficient (Wildman–Crippen LogP) is 16.6. The van der Waals surface area contributed by atoms with Gasteiger partial charge in [0.2, 0.25) is 0 Å². The molecular weight excluding hydrogens is 641 g/mol. The fourth-order valence-corrected chi connectivity index (χ4v) is 6.74. The van der Waals surface area contributed by atoms with Gasteiger partial charge in [0.15, 0.2) is 0 Å². The largest absolute Gasteiger partial charge is 0.478 e. The third-order valence-electron chi connectivity index (χ3n) is 10.4. The van der Waals surface area contributed by atoms with E-state index in [1.54, 1.807) is 13.8 Å². The van der Waals surface area contributed by atoms with Gasteiger partial charge < -0.3 is 9.84 Å². The summed E-state index contributed by atoms with van der Waals surface area (Å²) < 4.78 is 5.09. The highest BCUT2D eigenvalue weighted by molar-refractivity contribution is 5.87. The van der Waals surface area contributed by atoms with E-state index in [9.17, 15) is 9.59 Å². The molecule has 0 fully saturated rings. The smallest absolute Gasteiger partial charge is 0.333 e. The number of carbonyl (C=O) groups is 2. The summed E-state index contributed by atoms with van der Waals surface area (Å²) >= 11 is 0. The van der Waals surface area contributed by atoms with E-state index >= 15 is 0 Å². The molecule has 308 valence electrons. The summed E-state index contributed by atoms with van der Waals surface area (Å²) in [4.78, 5) is 21.9. The Kier molecular flexibility index (Phi) is 46.0. The molecule has 0 aromatic carbocycles. The Balaban J connectivity index is 0. The van der Waals surface area contributed by atoms with Gasteiger partial charge in [-0.3, -0.25) is 0 Å². The van der Waals surface area contributed by atoms with Crippen molar-refractivity contribution in [1.29, 1.82) is 0 Å². The lowest BCUT2D eigenvalue weighted by atomic mass is 10.0. The summed E-state index contributed by atoms with van der Waals surface area (Å²) in [7, 11) is 0. The van der Waals surface area contributed by atoms with E-state index in [0.717, 1.165) is 19.3 Å². The minimum absolute atomic E-state index is 0.253. The molecule has 0 saturated heterocycles. The Morgan fingerprint density at radius 3 is 0.942 bits per heavy atom. The average Bonchev–Trinajstić information content (AvgIpc) is 3.13. The van der Waals surface area contributed by atoms with E-state index in [0.29, 0.717) is 17.8 Å². The van der Waals surface area contributed by atoms with Crippen molar-refractivity contribution in [2.45, 2.75) is 265 Å². The molecule has 0 bridgehead atoms. The first-order valence-electron chi connectivity index (χ1n) is 23.1. The summed E-state index contributed by atoms with van der Waals surface area (Å²) in [5.74, 6) is -1.04. The number of ether oxygens (including phenoxy) is 1. The van der Waals surface area contributed by atoms with E-state index in [1.165, 1.54) is 218 Å². The van der Waals surface area contributed by atoms with E-state index < -0.39 is 5.97 Å². The Bertz CT molecular complexity index is 785. The van der Waals surface area contributed by atoms with Crippen LogP contribution in [0.1, 0.15) is 265 Å². The number of hydrogen-bond donors (Lipinski definition) is 1. The molecular formula is C48H92O4. The quantitative estimate of drug-likeness (QED) is 0.0387. The van der Waals surface area contributed by atoms with Gasteiger partial charge in [-0.1, -0.05) is 245 Å². The summed E-state index contributed by atoms with van der Waals surface area (Å²) in [6, 6.07) is 0. The van der Waals surface area contributed by atoms with Crippen molar-refractivity contribution < 1.29 is 19.4 Å². The van der Waals surface area contributed by atoms with Gasteiger partial charge in [-0.15, -0.1) is 0 Å². The van der Waals surface area contributed by atoms with Crippen molar-refractivity contribution in [3.8, 4) is 0 Å². The predicted molar refractivity (Wildman–Crippen MR) is 229 cm³/mol. The molecule has 0 rings (SSSR count). The number of hydrogen-bond acceptors (Lipinski definition) is 3. The van der Waals surface area contributed by atoms with Crippen LogP contribution in [-0.4, -0.2) is 23.7 Å². The number of allylic oxidation sites excluding steroid dienone is 1. The van der Waals surface area contributed by atoms with Gasteiger partial charge in [-0.2, -0.15) is 0 Å². The normalized spacial score (nSPS) is 11.3. The maximum atomic E-state index is 11.2. The van der Waals surface area contributed by atoms with Crippen molar-refractivity contribution in [3.05, 3.63) is 23.8 Å². The van der Waals surface area contributed by atoms with Crippen LogP contribution in [0.2, 0.25) is 0 Å². The van der Waals surface area contributed by atoms with Gasteiger partial charge in [-0.25, -0.2) is 9.59 Å². The number of esters is 1. The van der Waals surface area contributed by atoms with Crippen LogP contribution in [0.5, 0.6) is 0 Å². The summed E-state index contributed by atoms with van der Waals surface area (Å²) in [5.41, 5.74) is 0.976. The van der Waals surface area contributed by atoms with Crippen molar-refractivity contribution >= 4 is 11.9 Å². The van der Waals surface area contributed by atoms with Gasteiger partial charge in [0.1, 0.15) is 0 Å². The van der Waals surface area contributed by atoms with Gasteiger partial charge >= 0.3 is 11.9 Å². The lowest BCUT2D eigenvalue weighted by Gasteiger charge is -2.05. The molecule has 0 atom stereocenters. The molecule has 0 spiro atoms. The maximum Gasteiger partial charge on any atom is 0.333 e. The molecule has 52 heavy (non-hydrogen) atoms. The number of carbonyl (C=O) groups excluding carboxylic acids is 1. The van der Waals surface area contributed by atoms with Crippen molar-refractivity contribution in [3.63, 3.8) is 0 Å². The second-order valence-electron chi connectivity index (χ2n) is 15.9. The summed E-state index contributed by atoms with van der Waals surface area (Å²) in [6.07, 6.45) is 52.4. The highest BCUT2D eigenvalue weighted by atomic mass is 16.5. The third kappa shape index (κ3) is 46.4. The number of rotatable bonds is 40. The zero-order valence-electron chi connectivity index (χ0n) is 35.8. The molecule has 0 aliphatic rings. The minimum Gasteiger partial charge on any atom is -0.478 e. The molecule has 0 aromatic heterocycles. The molecule has 0 unspecified atom stereocenters. The molecule has 0 aliphatic carbocycles. The van der Waals surface area contributed by atoms with Crippen LogP contribution in [0.25, 0.3) is 0 Å². The van der Waals surface area contributed by atoms with Crippen LogP contribution in [0.3, 0.4) is 0 Å². The highest BCUT2D eigenvalue weighted by Gasteiger charge is 2.02. The molecule has 0 saturated carbocycles. The van der Waals surface area contributed by atoms with Gasteiger partial charge in [0, 0.05) is 11.1 Å². The van der Waals surface area contributed by atoms with Gasteiger partial charge in [0.25, 0.3) is 0 Å². The van der Waals surface area contributed by atoms with Crippen LogP contribution in [0.15, 0.2) is 23.8 Å². The van der Waals surface area contributed by atoms with Crippen molar-refractivity contribution in [2.24, 2.45) is 0 Å². The number of carboxylic acid groups (broad SMARTS) is 1. The molecule has 0 radical (unpaired) electrons. The fourth-order valence-electron chi connectivity index (χ4n) is 6.74. The molecule has 0 aliphatic heterocycles. The lowest BCUT2D eigenvalue weighted by molar-refractivity contribution is -0.139. The maximum absolute atomic E-state index is 11.2. The highest BCUT2D eigenvalue weighted by Crippen LogP contribution is 2.16. The van der Waals surface area contributed by atoms with Crippen LogP contribution in [0, 0.1) is 0 Å². The minimum atomic E-state index is -0.785. The lowest BCUT2D eigenvalue weighted by Crippen LogP contribution is -2.05. The summed E-state index contributed by atoms with van der Waals surface area (Å²) in [6.45, 7) is 12.1. The SMILES string of the molecule is C=C(C)C(=O)OCCCCCCCCCCCCCCCCCCCC.CCCCCCCCCCCCCCCCCCCCC=C(C)C(=O)O. The first-order valence-corrected chi connectivity index (χ1v) is 23.1. The number of aliphatic carboxylic acids is 1. The van der Waals surface area contributed by atoms with Crippen LogP contribution in [0.4, 0.5) is 0 Å². The first-order chi connectivity index (χ1) is 25.4. The van der Waals surface area contributed by atoms with E-state index in [-0.39, 0.29) is 5.97 Å². The topological polar surface area (TPSA) is 63.6 Å². The van der Waals surface area contributed by atoms with E-state index in [2.05, 4.69) is 20.4 Å². The monoisotopic (exact) mass is 733 g/mol. The Hall–Kier alpha value is -1.58. The molecule has 0 amide bonds. The van der Waals surface area contributed by atoms with E-state index in [4.69, 9.17) is 9.84 Å². The van der Waals surface area contributed by atoms with E-state index in [1.807, 2.05) is 6.08 Å². The third-order valence-corrected chi connectivity index (χ3v) is 10.4. The van der Waals surface area contributed by atoms with Crippen LogP contribution in [-0.2, 0) is 14.3 Å². The zero-order chi connectivity index (χ0) is 38.6. The van der Waals surface area contributed by atoms with Gasteiger partial charge in [0.05, 0.1) is 6.61 Å². The zero-order valence-corrected chi connectivity index (χ0v) is 35.8. The number of carboxylic acids is 1. The van der Waals surface area contributed by atoms with Crippen LogP contribution >= 0.6 is 0 Å². The van der Waals surface area contributed by atoms with Gasteiger partial charge in [-0.05, 0) is 33.1 Å². The number of unbranched alkanes of at least 4 members (excludes halogenated alkanes) is 35. The van der Waals surface area contributed by atoms with Crippen molar-refractivity contribution in [2.75, 3.05) is 6.61 Å². The fraction of sp³-hybridized carbons (Fsp3) is 0.875.